The second-order valence-electron chi connectivity index (χ2n) is 7.59. The van der Waals surface area contributed by atoms with Crippen molar-refractivity contribution in [1.29, 1.82) is 0 Å². The topological polar surface area (TPSA) is 58.8 Å². The van der Waals surface area contributed by atoms with E-state index in [2.05, 4.69) is 12.1 Å². The van der Waals surface area contributed by atoms with Crippen molar-refractivity contribution in [3.05, 3.63) is 92.1 Å². The molecule has 33 heavy (non-hydrogen) atoms. The van der Waals surface area contributed by atoms with Crippen LogP contribution < -0.4 is 4.74 Å². The van der Waals surface area contributed by atoms with E-state index in [4.69, 9.17) is 21.1 Å². The third kappa shape index (κ3) is 4.97. The minimum absolute atomic E-state index is 0.232. The average molecular weight is 483 g/mol. The number of carbonyl (C=O) groups excluding carboxylic acids is 1. The summed E-state index contributed by atoms with van der Waals surface area (Å²) in [4.78, 5) is 13.8. The number of carbonyl (C=O) groups is 1. The molecule has 1 aliphatic carbocycles. The SMILES string of the molecule is CCOC(=O)C1=C(c2ccc(Cl)s2)c2ccc(OCCCc3ccccc3)cc2/C1=[N+](/C)O. The maximum absolute atomic E-state index is 13.0. The van der Waals surface area contributed by atoms with Crippen LogP contribution in [0.5, 0.6) is 5.75 Å². The zero-order valence-electron chi connectivity index (χ0n) is 18.5. The third-order valence-electron chi connectivity index (χ3n) is 5.35. The first-order chi connectivity index (χ1) is 16.0. The van der Waals surface area contributed by atoms with Crippen molar-refractivity contribution in [2.75, 3.05) is 20.3 Å². The third-order valence-corrected chi connectivity index (χ3v) is 6.60. The van der Waals surface area contributed by atoms with E-state index in [1.165, 1.54) is 23.9 Å². The molecule has 2 aromatic carbocycles. The zero-order chi connectivity index (χ0) is 23.4. The second-order valence-corrected chi connectivity index (χ2v) is 9.31. The van der Waals surface area contributed by atoms with Crippen molar-refractivity contribution in [2.24, 2.45) is 0 Å². The number of ether oxygens (including phenoxy) is 2. The highest BCUT2D eigenvalue weighted by molar-refractivity contribution is 7.17. The van der Waals surface area contributed by atoms with Crippen LogP contribution in [-0.2, 0) is 16.0 Å². The first kappa shape index (κ1) is 23.1. The lowest BCUT2D eigenvalue weighted by atomic mass is 10.0. The maximum Gasteiger partial charge on any atom is 0.345 e. The molecule has 170 valence electrons. The highest BCUT2D eigenvalue weighted by Gasteiger charge is 2.41. The Balaban J connectivity index is 1.64. The van der Waals surface area contributed by atoms with Gasteiger partial charge in [-0.25, -0.2) is 4.79 Å². The van der Waals surface area contributed by atoms with Gasteiger partial charge in [0.25, 0.3) is 5.71 Å². The smallest absolute Gasteiger partial charge is 0.345 e. The van der Waals surface area contributed by atoms with Gasteiger partial charge in [0.1, 0.15) is 11.3 Å². The Labute approximate surface area is 202 Å². The van der Waals surface area contributed by atoms with E-state index in [0.29, 0.717) is 39.1 Å². The van der Waals surface area contributed by atoms with Gasteiger partial charge >= 0.3 is 5.97 Å². The standard InChI is InChI=1S/C26H25ClNO4S/c1-3-31-26(29)24-23(21-13-14-22(27)33-21)19-12-11-18(16-20(19)25(24)28(2)30)32-15-7-10-17-8-5-4-6-9-17/h4-6,8-9,11-14,16,30H,3,7,10,15H2,1-2H3/q+1/b28-25+. The summed E-state index contributed by atoms with van der Waals surface area (Å²) in [5.41, 5.74) is 4.21. The molecule has 0 radical (unpaired) electrons. The van der Waals surface area contributed by atoms with Crippen molar-refractivity contribution in [1.82, 2.24) is 0 Å². The van der Waals surface area contributed by atoms with Gasteiger partial charge in [-0.3, -0.25) is 5.21 Å². The normalized spacial score (nSPS) is 14.3. The van der Waals surface area contributed by atoms with E-state index in [-0.39, 0.29) is 6.61 Å². The van der Waals surface area contributed by atoms with Crippen molar-refractivity contribution in [2.45, 2.75) is 19.8 Å². The number of hydrogen-bond donors (Lipinski definition) is 1. The van der Waals surface area contributed by atoms with Gasteiger partial charge < -0.3 is 9.47 Å². The number of rotatable bonds is 8. The summed E-state index contributed by atoms with van der Waals surface area (Å²) in [6.07, 6.45) is 1.81. The molecule has 0 spiro atoms. The van der Waals surface area contributed by atoms with E-state index in [0.717, 1.165) is 28.0 Å². The molecule has 1 aliphatic rings. The van der Waals surface area contributed by atoms with E-state index in [1.54, 1.807) is 13.0 Å². The Kier molecular flexibility index (Phi) is 7.16. The first-order valence-electron chi connectivity index (χ1n) is 10.8. The summed E-state index contributed by atoms with van der Waals surface area (Å²) in [6, 6.07) is 19.6. The Morgan fingerprint density at radius 1 is 1.09 bits per heavy atom. The number of hydrogen-bond acceptors (Lipinski definition) is 5. The lowest BCUT2D eigenvalue weighted by molar-refractivity contribution is -0.753. The van der Waals surface area contributed by atoms with Gasteiger partial charge in [0.2, 0.25) is 0 Å². The molecule has 4 rings (SSSR count). The van der Waals surface area contributed by atoms with Crippen LogP contribution in [0.1, 0.15) is 34.9 Å². The predicted octanol–water partition coefficient (Wildman–Crippen LogP) is 5.61. The van der Waals surface area contributed by atoms with E-state index < -0.39 is 5.97 Å². The van der Waals surface area contributed by atoms with E-state index in [9.17, 15) is 10.0 Å². The van der Waals surface area contributed by atoms with Gasteiger partial charge in [-0.2, -0.15) is 0 Å². The molecule has 0 saturated heterocycles. The number of aryl methyl sites for hydroxylation is 1. The number of benzene rings is 2. The van der Waals surface area contributed by atoms with Gasteiger partial charge in [-0.1, -0.05) is 41.9 Å². The molecule has 0 aliphatic heterocycles. The molecule has 0 saturated carbocycles. The fraction of sp³-hybridized carbons (Fsp3) is 0.231. The molecule has 0 atom stereocenters. The lowest BCUT2D eigenvalue weighted by Gasteiger charge is -2.09. The minimum atomic E-state index is -0.491. The molecular formula is C26H25ClNO4S+. The fourth-order valence-electron chi connectivity index (χ4n) is 3.97. The van der Waals surface area contributed by atoms with Crippen LogP contribution in [-0.4, -0.2) is 41.9 Å². The zero-order valence-corrected chi connectivity index (χ0v) is 20.1. The van der Waals surface area contributed by atoms with Crippen molar-refractivity contribution >= 4 is 40.2 Å². The summed E-state index contributed by atoms with van der Waals surface area (Å²) >= 11 is 7.56. The van der Waals surface area contributed by atoms with Crippen molar-refractivity contribution < 1.29 is 24.2 Å². The predicted molar refractivity (Wildman–Crippen MR) is 131 cm³/mol. The monoisotopic (exact) mass is 482 g/mol. The van der Waals surface area contributed by atoms with Crippen LogP contribution in [0, 0.1) is 0 Å². The molecule has 5 nitrogen and oxygen atoms in total. The average Bonchev–Trinajstić information content (AvgIpc) is 3.38. The molecule has 7 heteroatoms. The van der Waals surface area contributed by atoms with Crippen LogP contribution in [0.3, 0.4) is 0 Å². The first-order valence-corrected chi connectivity index (χ1v) is 12.0. The molecular weight excluding hydrogens is 458 g/mol. The molecule has 0 unspecified atom stereocenters. The number of hydroxylamine groups is 1. The summed E-state index contributed by atoms with van der Waals surface area (Å²) in [5, 5.41) is 10.5. The van der Waals surface area contributed by atoms with Gasteiger partial charge in [0.15, 0.2) is 7.05 Å². The van der Waals surface area contributed by atoms with Crippen LogP contribution in [0.25, 0.3) is 5.57 Å². The van der Waals surface area contributed by atoms with Crippen molar-refractivity contribution in [3.8, 4) is 5.75 Å². The summed E-state index contributed by atoms with van der Waals surface area (Å²) < 4.78 is 12.9. The summed E-state index contributed by atoms with van der Waals surface area (Å²) in [5.74, 6) is 0.185. The van der Waals surface area contributed by atoms with Gasteiger partial charge in [-0.05, 0) is 66.0 Å². The fourth-order valence-corrected chi connectivity index (χ4v) is 5.08. The molecule has 0 fully saturated rings. The quantitative estimate of drug-likeness (QED) is 0.149. The number of thiophene rings is 1. The molecule has 1 N–H and O–H groups in total. The van der Waals surface area contributed by atoms with E-state index in [1.807, 2.05) is 42.5 Å². The molecule has 3 aromatic rings. The van der Waals surface area contributed by atoms with Crippen molar-refractivity contribution in [3.63, 3.8) is 0 Å². The van der Waals surface area contributed by atoms with Crippen LogP contribution in [0.15, 0.2) is 66.2 Å². The van der Waals surface area contributed by atoms with Crippen LogP contribution in [0.4, 0.5) is 0 Å². The Hall–Kier alpha value is -3.09. The van der Waals surface area contributed by atoms with Gasteiger partial charge in [0.05, 0.1) is 23.1 Å². The molecule has 0 amide bonds. The maximum atomic E-state index is 13.0. The number of esters is 1. The Bertz CT molecular complexity index is 1230. The largest absolute Gasteiger partial charge is 0.494 e. The molecule has 1 heterocycles. The lowest BCUT2D eigenvalue weighted by Crippen LogP contribution is -2.22. The minimum Gasteiger partial charge on any atom is -0.494 e. The summed E-state index contributed by atoms with van der Waals surface area (Å²) in [7, 11) is 1.50. The van der Waals surface area contributed by atoms with E-state index >= 15 is 0 Å². The van der Waals surface area contributed by atoms with Crippen LogP contribution >= 0.6 is 22.9 Å². The van der Waals surface area contributed by atoms with Gasteiger partial charge in [-0.15, -0.1) is 11.3 Å². The molecule has 0 bridgehead atoms. The Morgan fingerprint density at radius 3 is 2.55 bits per heavy atom. The highest BCUT2D eigenvalue weighted by Crippen LogP contribution is 2.42. The highest BCUT2D eigenvalue weighted by atomic mass is 35.5. The number of halogens is 1. The number of fused-ring (bicyclic) bond motifs is 1. The van der Waals surface area contributed by atoms with Crippen LogP contribution in [0.2, 0.25) is 4.34 Å². The second kappa shape index (κ2) is 10.2. The Morgan fingerprint density at radius 2 is 1.88 bits per heavy atom. The number of nitrogens with zero attached hydrogens (tertiary/aromatic N) is 1. The van der Waals surface area contributed by atoms with Gasteiger partial charge in [0, 0.05) is 10.5 Å². The summed E-state index contributed by atoms with van der Waals surface area (Å²) in [6.45, 7) is 2.55. The molecule has 1 aromatic heterocycles.